The fourth-order valence-corrected chi connectivity index (χ4v) is 1.41. The van der Waals surface area contributed by atoms with Gasteiger partial charge in [-0.15, -0.1) is 0 Å². The Hall–Kier alpha value is -2.37. The molecular weight excluding hydrogens is 253 g/mol. The highest BCUT2D eigenvalue weighted by Gasteiger charge is 2.12. The van der Waals surface area contributed by atoms with Crippen LogP contribution in [0.4, 0.5) is 4.39 Å². The molecule has 0 atom stereocenters. The van der Waals surface area contributed by atoms with Crippen LogP contribution in [0, 0.1) is 0 Å². The maximum atomic E-state index is 12.5. The minimum Gasteiger partial charge on any atom is -0.496 e. The van der Waals surface area contributed by atoms with E-state index in [1.54, 1.807) is 6.07 Å². The molecule has 0 aliphatic carbocycles. The van der Waals surface area contributed by atoms with Gasteiger partial charge in [-0.1, -0.05) is 12.6 Å². The van der Waals surface area contributed by atoms with Crippen LogP contribution in [0.25, 0.3) is 0 Å². The van der Waals surface area contributed by atoms with Crippen molar-refractivity contribution in [3.63, 3.8) is 0 Å². The molecule has 0 aliphatic rings. The van der Waals surface area contributed by atoms with Crippen molar-refractivity contribution in [3.8, 4) is 5.75 Å². The van der Waals surface area contributed by atoms with E-state index in [0.29, 0.717) is 16.9 Å². The Labute approximate surface area is 110 Å². The van der Waals surface area contributed by atoms with Crippen LogP contribution < -0.4 is 10.1 Å². The molecule has 0 saturated carbocycles. The summed E-state index contributed by atoms with van der Waals surface area (Å²) in [5.41, 5.74) is 0.925. The molecule has 102 valence electrons. The maximum absolute atomic E-state index is 12.5. The lowest BCUT2D eigenvalue weighted by Crippen LogP contribution is -2.23. The number of rotatable bonds is 5. The van der Waals surface area contributed by atoms with Crippen molar-refractivity contribution < 1.29 is 23.5 Å². The van der Waals surface area contributed by atoms with Crippen molar-refractivity contribution in [2.24, 2.45) is 0 Å². The summed E-state index contributed by atoms with van der Waals surface area (Å²) in [4.78, 5) is 22.4. The molecule has 0 radical (unpaired) electrons. The van der Waals surface area contributed by atoms with E-state index in [1.165, 1.54) is 26.4 Å². The monoisotopic (exact) mass is 267 g/mol. The molecule has 1 aromatic rings. The Bertz CT molecular complexity index is 513. The smallest absolute Gasteiger partial charge is 0.337 e. The van der Waals surface area contributed by atoms with E-state index in [2.05, 4.69) is 16.6 Å². The van der Waals surface area contributed by atoms with Crippen molar-refractivity contribution in [1.29, 1.82) is 0 Å². The summed E-state index contributed by atoms with van der Waals surface area (Å²) >= 11 is 0. The standard InChI is InChI=1S/C13H14FNO4/c1-8(14)12(16)15-7-10-5-4-9(13(17)19-3)6-11(10)18-2/h4-6H,1,7H2,2-3H3,(H,15,16). The summed E-state index contributed by atoms with van der Waals surface area (Å²) in [6.45, 7) is 2.95. The van der Waals surface area contributed by atoms with Crippen LogP contribution in [-0.2, 0) is 16.1 Å². The number of carbonyl (C=O) groups excluding carboxylic acids is 2. The van der Waals surface area contributed by atoms with E-state index in [0.717, 1.165) is 0 Å². The number of halogens is 1. The van der Waals surface area contributed by atoms with Crippen LogP contribution in [0.15, 0.2) is 30.6 Å². The highest BCUT2D eigenvalue weighted by molar-refractivity contribution is 5.91. The normalized spacial score (nSPS) is 9.63. The van der Waals surface area contributed by atoms with Gasteiger partial charge in [-0.25, -0.2) is 9.18 Å². The lowest BCUT2D eigenvalue weighted by molar-refractivity contribution is -0.119. The highest BCUT2D eigenvalue weighted by atomic mass is 19.1. The molecule has 0 aromatic heterocycles. The third-order valence-electron chi connectivity index (χ3n) is 2.39. The number of nitrogens with one attached hydrogen (secondary N) is 1. The van der Waals surface area contributed by atoms with Crippen LogP contribution >= 0.6 is 0 Å². The quantitative estimate of drug-likeness (QED) is 0.650. The largest absolute Gasteiger partial charge is 0.496 e. The number of hydrogen-bond donors (Lipinski definition) is 1. The molecular formula is C13H14FNO4. The Kier molecular flexibility index (Phi) is 5.05. The Morgan fingerprint density at radius 2 is 2.05 bits per heavy atom. The second-order valence-corrected chi connectivity index (χ2v) is 3.61. The molecule has 1 N–H and O–H groups in total. The molecule has 0 bridgehead atoms. The first-order valence-electron chi connectivity index (χ1n) is 5.37. The number of benzene rings is 1. The van der Waals surface area contributed by atoms with Crippen LogP contribution in [0.3, 0.4) is 0 Å². The van der Waals surface area contributed by atoms with Gasteiger partial charge in [0.05, 0.1) is 19.8 Å². The molecule has 1 rings (SSSR count). The summed E-state index contributed by atoms with van der Waals surface area (Å²) in [6, 6.07) is 4.60. The Morgan fingerprint density at radius 3 is 2.58 bits per heavy atom. The van der Waals surface area contributed by atoms with Gasteiger partial charge in [-0.05, 0) is 12.1 Å². The van der Waals surface area contributed by atoms with Gasteiger partial charge in [0.25, 0.3) is 5.91 Å². The zero-order valence-corrected chi connectivity index (χ0v) is 10.7. The minimum absolute atomic E-state index is 0.0619. The molecule has 0 spiro atoms. The van der Waals surface area contributed by atoms with Crippen molar-refractivity contribution in [1.82, 2.24) is 5.32 Å². The average molecular weight is 267 g/mol. The zero-order chi connectivity index (χ0) is 14.4. The molecule has 5 nitrogen and oxygen atoms in total. The third kappa shape index (κ3) is 3.80. The van der Waals surface area contributed by atoms with Gasteiger partial charge in [0.2, 0.25) is 0 Å². The van der Waals surface area contributed by atoms with Gasteiger partial charge in [-0.2, -0.15) is 0 Å². The van der Waals surface area contributed by atoms with E-state index in [4.69, 9.17) is 4.74 Å². The SMILES string of the molecule is C=C(F)C(=O)NCc1ccc(C(=O)OC)cc1OC. The number of hydrogen-bond acceptors (Lipinski definition) is 4. The van der Waals surface area contributed by atoms with Crippen LogP contribution in [0.1, 0.15) is 15.9 Å². The number of ether oxygens (including phenoxy) is 2. The van der Waals surface area contributed by atoms with Crippen LogP contribution in [0.2, 0.25) is 0 Å². The van der Waals surface area contributed by atoms with E-state index in [-0.39, 0.29) is 6.54 Å². The average Bonchev–Trinajstić information content (AvgIpc) is 2.43. The van der Waals surface area contributed by atoms with Gasteiger partial charge >= 0.3 is 5.97 Å². The summed E-state index contributed by atoms with van der Waals surface area (Å²) in [5.74, 6) is -2.05. The predicted molar refractivity (Wildman–Crippen MR) is 66.4 cm³/mol. The topological polar surface area (TPSA) is 64.6 Å². The summed E-state index contributed by atoms with van der Waals surface area (Å²) < 4.78 is 22.2. The second kappa shape index (κ2) is 6.53. The lowest BCUT2D eigenvalue weighted by Gasteiger charge is -2.10. The van der Waals surface area contributed by atoms with Crippen LogP contribution in [-0.4, -0.2) is 26.1 Å². The van der Waals surface area contributed by atoms with E-state index < -0.39 is 17.7 Å². The van der Waals surface area contributed by atoms with E-state index in [9.17, 15) is 14.0 Å². The van der Waals surface area contributed by atoms with Crippen molar-refractivity contribution in [2.45, 2.75) is 6.54 Å². The fourth-order valence-electron chi connectivity index (χ4n) is 1.41. The molecule has 0 aliphatic heterocycles. The first-order chi connectivity index (χ1) is 8.99. The van der Waals surface area contributed by atoms with E-state index in [1.807, 2.05) is 0 Å². The molecule has 1 aromatic carbocycles. The highest BCUT2D eigenvalue weighted by Crippen LogP contribution is 2.20. The molecule has 0 saturated heterocycles. The third-order valence-corrected chi connectivity index (χ3v) is 2.39. The summed E-state index contributed by atoms with van der Waals surface area (Å²) in [6.07, 6.45) is 0. The molecule has 0 heterocycles. The van der Waals surface area contributed by atoms with E-state index >= 15 is 0 Å². The maximum Gasteiger partial charge on any atom is 0.337 e. The second-order valence-electron chi connectivity index (χ2n) is 3.61. The predicted octanol–water partition coefficient (Wildman–Crippen LogP) is 1.58. The minimum atomic E-state index is -1.06. The fraction of sp³-hybridized carbons (Fsp3) is 0.231. The van der Waals surface area contributed by atoms with Crippen molar-refractivity contribution in [3.05, 3.63) is 41.7 Å². The van der Waals surface area contributed by atoms with Gasteiger partial charge < -0.3 is 14.8 Å². The molecule has 19 heavy (non-hydrogen) atoms. The molecule has 1 amide bonds. The first kappa shape index (κ1) is 14.7. The first-order valence-corrected chi connectivity index (χ1v) is 5.37. The Balaban J connectivity index is 2.87. The van der Waals surface area contributed by atoms with Crippen molar-refractivity contribution in [2.75, 3.05) is 14.2 Å². The zero-order valence-electron chi connectivity index (χ0n) is 10.7. The summed E-state index contributed by atoms with van der Waals surface area (Å²) in [5, 5.41) is 2.33. The summed E-state index contributed by atoms with van der Waals surface area (Å²) in [7, 11) is 2.70. The Morgan fingerprint density at radius 1 is 1.37 bits per heavy atom. The molecule has 0 fully saturated rings. The number of methoxy groups -OCH3 is 2. The van der Waals surface area contributed by atoms with Crippen LogP contribution in [0.5, 0.6) is 5.75 Å². The lowest BCUT2D eigenvalue weighted by atomic mass is 10.1. The van der Waals surface area contributed by atoms with Gasteiger partial charge in [0.1, 0.15) is 5.75 Å². The number of esters is 1. The molecule has 6 heteroatoms. The van der Waals surface area contributed by atoms with Crippen molar-refractivity contribution >= 4 is 11.9 Å². The number of amides is 1. The number of carbonyl (C=O) groups is 2. The van der Waals surface area contributed by atoms with Gasteiger partial charge in [0, 0.05) is 12.1 Å². The van der Waals surface area contributed by atoms with Gasteiger partial charge in [-0.3, -0.25) is 4.79 Å². The molecule has 0 unspecified atom stereocenters. The van der Waals surface area contributed by atoms with Gasteiger partial charge in [0.15, 0.2) is 5.83 Å².